The minimum absolute atomic E-state index is 0.465. The first kappa shape index (κ1) is 11.9. The molecule has 5 heteroatoms. The van der Waals surface area contributed by atoms with E-state index in [2.05, 4.69) is 10.1 Å². The van der Waals surface area contributed by atoms with Gasteiger partial charge in [-0.05, 0) is 12.1 Å². The Morgan fingerprint density at radius 1 is 1.19 bits per heavy atom. The number of hydrogen-bond donors (Lipinski definition) is 1. The first-order chi connectivity index (χ1) is 7.59. The standard InChI is InChI=1S/C11H11NO4/c1-8(13)11(15)16-7-10(14)12-9-5-3-2-4-6-9/h2-6H,7H2,1H3,(H,12,14). The summed E-state index contributed by atoms with van der Waals surface area (Å²) in [6, 6.07) is 8.73. The topological polar surface area (TPSA) is 72.5 Å². The SMILES string of the molecule is CC(=O)C(=O)OCC(=O)Nc1ccccc1. The average molecular weight is 221 g/mol. The molecule has 1 N–H and O–H groups in total. The number of ketones is 1. The monoisotopic (exact) mass is 221 g/mol. The maximum Gasteiger partial charge on any atom is 0.374 e. The smallest absolute Gasteiger partial charge is 0.374 e. The van der Waals surface area contributed by atoms with Crippen LogP contribution in [0.4, 0.5) is 5.69 Å². The number of rotatable bonds is 4. The van der Waals surface area contributed by atoms with Gasteiger partial charge in [-0.1, -0.05) is 18.2 Å². The lowest BCUT2D eigenvalue weighted by molar-refractivity contribution is -0.154. The van der Waals surface area contributed by atoms with Crippen molar-refractivity contribution in [3.05, 3.63) is 30.3 Å². The van der Waals surface area contributed by atoms with Gasteiger partial charge in [-0.25, -0.2) is 4.79 Å². The Kier molecular flexibility index (Phi) is 4.20. The predicted molar refractivity (Wildman–Crippen MR) is 56.7 cm³/mol. The van der Waals surface area contributed by atoms with Gasteiger partial charge in [-0.2, -0.15) is 0 Å². The Balaban J connectivity index is 2.37. The number of carbonyl (C=O) groups is 3. The van der Waals surface area contributed by atoms with Crippen molar-refractivity contribution in [2.75, 3.05) is 11.9 Å². The Labute approximate surface area is 92.4 Å². The number of nitrogens with one attached hydrogen (secondary N) is 1. The summed E-state index contributed by atoms with van der Waals surface area (Å²) in [4.78, 5) is 32.5. The molecular weight excluding hydrogens is 210 g/mol. The number of amides is 1. The fourth-order valence-electron chi connectivity index (χ4n) is 0.951. The minimum atomic E-state index is -1.01. The summed E-state index contributed by atoms with van der Waals surface area (Å²) < 4.78 is 4.44. The molecule has 0 aliphatic rings. The molecule has 0 heterocycles. The van der Waals surface area contributed by atoms with Gasteiger partial charge in [-0.15, -0.1) is 0 Å². The fraction of sp³-hybridized carbons (Fsp3) is 0.182. The summed E-state index contributed by atoms with van der Waals surface area (Å²) in [5.74, 6) is -2.23. The van der Waals surface area contributed by atoms with Crippen LogP contribution < -0.4 is 5.32 Å². The predicted octanol–water partition coefficient (Wildman–Crippen LogP) is 0.757. The van der Waals surface area contributed by atoms with Crippen molar-refractivity contribution in [1.29, 1.82) is 0 Å². The van der Waals surface area contributed by atoms with Crippen LogP contribution in [0.3, 0.4) is 0 Å². The number of esters is 1. The lowest BCUT2D eigenvalue weighted by atomic mass is 10.3. The molecule has 0 bridgehead atoms. The highest BCUT2D eigenvalue weighted by Gasteiger charge is 2.11. The van der Waals surface area contributed by atoms with E-state index in [0.29, 0.717) is 5.69 Å². The number of hydrogen-bond acceptors (Lipinski definition) is 4. The van der Waals surface area contributed by atoms with E-state index >= 15 is 0 Å². The van der Waals surface area contributed by atoms with Crippen LogP contribution in [0.2, 0.25) is 0 Å². The third-order valence-electron chi connectivity index (χ3n) is 1.68. The van der Waals surface area contributed by atoms with Crippen LogP contribution >= 0.6 is 0 Å². The zero-order valence-electron chi connectivity index (χ0n) is 8.73. The third kappa shape index (κ3) is 3.91. The molecule has 1 aromatic rings. The number of ether oxygens (including phenoxy) is 1. The van der Waals surface area contributed by atoms with Crippen LogP contribution in [0.5, 0.6) is 0 Å². The minimum Gasteiger partial charge on any atom is -0.450 e. The molecule has 1 rings (SSSR count). The van der Waals surface area contributed by atoms with Gasteiger partial charge in [0.1, 0.15) is 0 Å². The van der Waals surface area contributed by atoms with Gasteiger partial charge in [0.15, 0.2) is 6.61 Å². The van der Waals surface area contributed by atoms with Gasteiger partial charge in [0.2, 0.25) is 5.78 Å². The van der Waals surface area contributed by atoms with Crippen molar-refractivity contribution in [1.82, 2.24) is 0 Å². The van der Waals surface area contributed by atoms with Crippen molar-refractivity contribution >= 4 is 23.3 Å². The number of para-hydroxylation sites is 1. The average Bonchev–Trinajstić information content (AvgIpc) is 2.27. The fourth-order valence-corrected chi connectivity index (χ4v) is 0.951. The number of carbonyl (C=O) groups excluding carboxylic acids is 3. The highest BCUT2D eigenvalue weighted by atomic mass is 16.5. The first-order valence-electron chi connectivity index (χ1n) is 4.62. The molecule has 1 amide bonds. The zero-order chi connectivity index (χ0) is 12.0. The van der Waals surface area contributed by atoms with Gasteiger partial charge in [0, 0.05) is 12.6 Å². The summed E-state index contributed by atoms with van der Waals surface area (Å²) in [5, 5.41) is 2.51. The molecule has 0 atom stereocenters. The number of Topliss-reactive ketones (excluding diaryl/α,β-unsaturated/α-hetero) is 1. The van der Waals surface area contributed by atoms with E-state index in [1.807, 2.05) is 6.07 Å². The first-order valence-corrected chi connectivity index (χ1v) is 4.62. The molecule has 0 spiro atoms. The summed E-state index contributed by atoms with van der Waals surface area (Å²) in [5.41, 5.74) is 0.603. The molecule has 0 aromatic heterocycles. The Hall–Kier alpha value is -2.17. The second-order valence-electron chi connectivity index (χ2n) is 3.05. The molecule has 0 fully saturated rings. The van der Waals surface area contributed by atoms with Crippen LogP contribution in [-0.4, -0.2) is 24.3 Å². The summed E-state index contributed by atoms with van der Waals surface area (Å²) >= 11 is 0. The van der Waals surface area contributed by atoms with Crippen LogP contribution in [0.1, 0.15) is 6.92 Å². The quantitative estimate of drug-likeness (QED) is 0.601. The van der Waals surface area contributed by atoms with Crippen LogP contribution in [0.15, 0.2) is 30.3 Å². The summed E-state index contributed by atoms with van der Waals surface area (Å²) in [7, 11) is 0. The van der Waals surface area contributed by atoms with E-state index in [-0.39, 0.29) is 0 Å². The Morgan fingerprint density at radius 2 is 1.81 bits per heavy atom. The molecule has 0 aliphatic heterocycles. The molecule has 5 nitrogen and oxygen atoms in total. The Morgan fingerprint density at radius 3 is 2.38 bits per heavy atom. The van der Waals surface area contributed by atoms with Crippen LogP contribution in [0.25, 0.3) is 0 Å². The van der Waals surface area contributed by atoms with Gasteiger partial charge in [0.25, 0.3) is 5.91 Å². The molecule has 0 unspecified atom stereocenters. The Bertz CT molecular complexity index is 400. The lowest BCUT2D eigenvalue weighted by Gasteiger charge is -2.04. The van der Waals surface area contributed by atoms with E-state index in [4.69, 9.17) is 0 Å². The van der Waals surface area contributed by atoms with E-state index in [1.54, 1.807) is 24.3 Å². The molecule has 0 saturated heterocycles. The highest BCUT2D eigenvalue weighted by molar-refractivity contribution is 6.32. The van der Waals surface area contributed by atoms with Crippen LogP contribution in [0, 0.1) is 0 Å². The van der Waals surface area contributed by atoms with Gasteiger partial charge in [-0.3, -0.25) is 9.59 Å². The van der Waals surface area contributed by atoms with Crippen molar-refractivity contribution < 1.29 is 19.1 Å². The van der Waals surface area contributed by atoms with Crippen LogP contribution in [-0.2, 0) is 19.1 Å². The highest BCUT2D eigenvalue weighted by Crippen LogP contribution is 2.04. The summed E-state index contributed by atoms with van der Waals surface area (Å²) in [6.45, 7) is 0.616. The van der Waals surface area contributed by atoms with E-state index < -0.39 is 24.3 Å². The molecule has 0 radical (unpaired) electrons. The maximum atomic E-state index is 11.2. The molecule has 0 aliphatic carbocycles. The van der Waals surface area contributed by atoms with Crippen molar-refractivity contribution in [2.45, 2.75) is 6.92 Å². The van der Waals surface area contributed by atoms with E-state index in [9.17, 15) is 14.4 Å². The lowest BCUT2D eigenvalue weighted by Crippen LogP contribution is -2.23. The molecule has 1 aromatic carbocycles. The molecule has 84 valence electrons. The van der Waals surface area contributed by atoms with Crippen molar-refractivity contribution in [2.24, 2.45) is 0 Å². The van der Waals surface area contributed by atoms with Gasteiger partial charge in [0.05, 0.1) is 0 Å². The largest absolute Gasteiger partial charge is 0.450 e. The second-order valence-corrected chi connectivity index (χ2v) is 3.05. The van der Waals surface area contributed by atoms with E-state index in [0.717, 1.165) is 6.92 Å². The van der Waals surface area contributed by atoms with Gasteiger partial charge < -0.3 is 10.1 Å². The van der Waals surface area contributed by atoms with Crippen molar-refractivity contribution in [3.63, 3.8) is 0 Å². The number of anilines is 1. The van der Waals surface area contributed by atoms with E-state index in [1.165, 1.54) is 0 Å². The molecule has 0 saturated carbocycles. The number of benzene rings is 1. The second kappa shape index (κ2) is 5.65. The zero-order valence-corrected chi connectivity index (χ0v) is 8.73. The van der Waals surface area contributed by atoms with Crippen molar-refractivity contribution in [3.8, 4) is 0 Å². The maximum absolute atomic E-state index is 11.2. The molecule has 16 heavy (non-hydrogen) atoms. The normalized spacial score (nSPS) is 9.31. The van der Waals surface area contributed by atoms with Gasteiger partial charge >= 0.3 is 5.97 Å². The molecular formula is C11H11NO4. The third-order valence-corrected chi connectivity index (χ3v) is 1.68. The summed E-state index contributed by atoms with van der Waals surface area (Å²) in [6.07, 6.45) is 0.